The first-order chi connectivity index (χ1) is 10.6. The van der Waals surface area contributed by atoms with Gasteiger partial charge in [-0.25, -0.2) is 0 Å². The molecule has 116 valence electrons. The minimum Gasteiger partial charge on any atom is -0.481 e. The van der Waals surface area contributed by atoms with Gasteiger partial charge in [-0.05, 0) is 24.1 Å². The highest BCUT2D eigenvalue weighted by molar-refractivity contribution is 6.02. The molecule has 0 radical (unpaired) electrons. The van der Waals surface area contributed by atoms with E-state index in [1.165, 1.54) is 13.2 Å². The van der Waals surface area contributed by atoms with Crippen molar-refractivity contribution in [2.45, 2.75) is 19.4 Å². The van der Waals surface area contributed by atoms with E-state index in [1.54, 1.807) is 18.2 Å². The summed E-state index contributed by atoms with van der Waals surface area (Å²) in [5, 5.41) is 15.0. The minimum atomic E-state index is -0.859. The third-order valence-electron chi connectivity index (χ3n) is 2.89. The lowest BCUT2D eigenvalue weighted by atomic mass is 10.1. The van der Waals surface area contributed by atoms with Crippen LogP contribution in [0.4, 0.5) is 5.69 Å². The summed E-state index contributed by atoms with van der Waals surface area (Å²) in [4.78, 5) is 22.6. The van der Waals surface area contributed by atoms with Crippen LogP contribution in [-0.4, -0.2) is 29.2 Å². The molecule has 1 heterocycles. The van der Waals surface area contributed by atoms with E-state index >= 15 is 0 Å². The van der Waals surface area contributed by atoms with Crippen LogP contribution in [0, 0.1) is 0 Å². The highest BCUT2D eigenvalue weighted by Crippen LogP contribution is 2.14. The zero-order valence-corrected chi connectivity index (χ0v) is 12.0. The first kappa shape index (κ1) is 15.7. The van der Waals surface area contributed by atoms with E-state index in [0.29, 0.717) is 17.9 Å². The molecule has 0 aliphatic rings. The molecular formula is C15H16N2O5. The van der Waals surface area contributed by atoms with E-state index in [0.717, 1.165) is 5.56 Å². The number of hydrogen-bond donors (Lipinski definition) is 2. The molecule has 0 spiro atoms. The average molecular weight is 304 g/mol. The second-order valence-corrected chi connectivity index (χ2v) is 4.66. The van der Waals surface area contributed by atoms with Gasteiger partial charge in [-0.15, -0.1) is 0 Å². The molecule has 1 aromatic heterocycles. The van der Waals surface area contributed by atoms with Gasteiger partial charge in [0.25, 0.3) is 5.91 Å². The summed E-state index contributed by atoms with van der Waals surface area (Å²) in [5.74, 6) is -0.799. The lowest BCUT2D eigenvalue weighted by molar-refractivity contribution is -0.136. The zero-order chi connectivity index (χ0) is 15.9. The fourth-order valence-corrected chi connectivity index (χ4v) is 1.88. The lowest BCUT2D eigenvalue weighted by Gasteiger charge is -2.05. The number of carbonyl (C=O) groups is 2. The highest BCUT2D eigenvalue weighted by atomic mass is 16.5. The summed E-state index contributed by atoms with van der Waals surface area (Å²) >= 11 is 0. The number of hydrogen-bond acceptors (Lipinski definition) is 5. The number of rotatable bonds is 7. The Balaban J connectivity index is 2.01. The van der Waals surface area contributed by atoms with E-state index in [2.05, 4.69) is 10.5 Å². The number of amides is 1. The third-order valence-corrected chi connectivity index (χ3v) is 2.89. The van der Waals surface area contributed by atoms with Crippen LogP contribution in [0.1, 0.15) is 28.2 Å². The molecular weight excluding hydrogens is 288 g/mol. The van der Waals surface area contributed by atoms with Gasteiger partial charge < -0.3 is 19.7 Å². The molecule has 1 amide bonds. The quantitative estimate of drug-likeness (QED) is 0.812. The highest BCUT2D eigenvalue weighted by Gasteiger charge is 2.13. The van der Waals surface area contributed by atoms with Gasteiger partial charge in [-0.1, -0.05) is 17.3 Å². The lowest BCUT2D eigenvalue weighted by Crippen LogP contribution is -2.12. The van der Waals surface area contributed by atoms with Crippen molar-refractivity contribution in [1.82, 2.24) is 5.16 Å². The molecule has 1 aromatic carbocycles. The molecule has 22 heavy (non-hydrogen) atoms. The maximum Gasteiger partial charge on any atom is 0.303 e. The summed E-state index contributed by atoms with van der Waals surface area (Å²) in [7, 11) is 1.52. The number of ether oxygens (including phenoxy) is 1. The molecule has 0 atom stereocenters. The molecule has 2 aromatic rings. The van der Waals surface area contributed by atoms with Gasteiger partial charge in [0.05, 0.1) is 0 Å². The van der Waals surface area contributed by atoms with E-state index in [9.17, 15) is 9.59 Å². The van der Waals surface area contributed by atoms with Crippen LogP contribution in [0.5, 0.6) is 0 Å². The van der Waals surface area contributed by atoms with Crippen molar-refractivity contribution < 1.29 is 24.0 Å². The number of nitrogens with one attached hydrogen (secondary N) is 1. The molecule has 2 rings (SSSR count). The topological polar surface area (TPSA) is 102 Å². The number of aliphatic carboxylic acids is 1. The molecule has 0 saturated heterocycles. The van der Waals surface area contributed by atoms with Gasteiger partial charge in [0.2, 0.25) is 0 Å². The Kier molecular flexibility index (Phi) is 5.26. The summed E-state index contributed by atoms with van der Waals surface area (Å²) < 4.78 is 9.84. The average Bonchev–Trinajstić information content (AvgIpc) is 2.95. The monoisotopic (exact) mass is 304 g/mol. The summed E-state index contributed by atoms with van der Waals surface area (Å²) in [6, 6.07) is 8.53. The van der Waals surface area contributed by atoms with Crippen LogP contribution in [0.2, 0.25) is 0 Å². The predicted octanol–water partition coefficient (Wildman–Crippen LogP) is 2.09. The van der Waals surface area contributed by atoms with Crippen molar-refractivity contribution in [1.29, 1.82) is 0 Å². The van der Waals surface area contributed by atoms with Crippen molar-refractivity contribution in [3.8, 4) is 0 Å². The number of carbonyl (C=O) groups excluding carboxylic acids is 1. The molecule has 0 saturated carbocycles. The number of carboxylic acids is 1. The van der Waals surface area contributed by atoms with Crippen LogP contribution >= 0.6 is 0 Å². The van der Waals surface area contributed by atoms with Crippen LogP contribution in [0.15, 0.2) is 34.9 Å². The van der Waals surface area contributed by atoms with Gasteiger partial charge in [-0.3, -0.25) is 9.59 Å². The first-order valence-electron chi connectivity index (χ1n) is 6.65. The van der Waals surface area contributed by atoms with E-state index in [4.69, 9.17) is 14.4 Å². The minimum absolute atomic E-state index is 0.0427. The van der Waals surface area contributed by atoms with Gasteiger partial charge in [0, 0.05) is 25.3 Å². The van der Waals surface area contributed by atoms with Gasteiger partial charge >= 0.3 is 5.97 Å². The van der Waals surface area contributed by atoms with Gasteiger partial charge in [-0.2, -0.15) is 0 Å². The first-order valence-corrected chi connectivity index (χ1v) is 6.65. The summed E-state index contributed by atoms with van der Waals surface area (Å²) in [5.41, 5.74) is 1.56. The van der Waals surface area contributed by atoms with E-state index < -0.39 is 11.9 Å². The number of aryl methyl sites for hydroxylation is 1. The SMILES string of the molecule is COCc1cc(C(=O)Nc2cccc(CCC(=O)O)c2)no1. The number of nitrogens with zero attached hydrogens (tertiary/aromatic N) is 1. The van der Waals surface area contributed by atoms with Crippen molar-refractivity contribution >= 4 is 17.6 Å². The molecule has 0 unspecified atom stereocenters. The van der Waals surface area contributed by atoms with Crippen LogP contribution in [0.25, 0.3) is 0 Å². The Morgan fingerprint density at radius 3 is 2.91 bits per heavy atom. The number of anilines is 1. The molecule has 7 nitrogen and oxygen atoms in total. The van der Waals surface area contributed by atoms with E-state index in [-0.39, 0.29) is 18.7 Å². The fourth-order valence-electron chi connectivity index (χ4n) is 1.88. The smallest absolute Gasteiger partial charge is 0.303 e. The number of methoxy groups -OCH3 is 1. The Morgan fingerprint density at radius 1 is 1.36 bits per heavy atom. The summed E-state index contributed by atoms with van der Waals surface area (Å²) in [6.07, 6.45) is 0.446. The zero-order valence-electron chi connectivity index (χ0n) is 12.0. The number of benzene rings is 1. The number of aromatic nitrogens is 1. The van der Waals surface area contributed by atoms with Crippen LogP contribution in [0.3, 0.4) is 0 Å². The second kappa shape index (κ2) is 7.37. The third kappa shape index (κ3) is 4.42. The van der Waals surface area contributed by atoms with Crippen molar-refractivity contribution in [3.63, 3.8) is 0 Å². The Morgan fingerprint density at radius 2 is 2.18 bits per heavy atom. The Bertz CT molecular complexity index is 665. The molecule has 7 heteroatoms. The van der Waals surface area contributed by atoms with Crippen LogP contribution in [-0.2, 0) is 22.6 Å². The van der Waals surface area contributed by atoms with Gasteiger partial charge in [0.15, 0.2) is 11.5 Å². The van der Waals surface area contributed by atoms with Crippen molar-refractivity contribution in [2.24, 2.45) is 0 Å². The normalized spacial score (nSPS) is 10.4. The second-order valence-electron chi connectivity index (χ2n) is 4.66. The van der Waals surface area contributed by atoms with E-state index in [1.807, 2.05) is 6.07 Å². The Labute approximate surface area is 126 Å². The standard InChI is InChI=1S/C15H16N2O5/c1-21-9-12-8-13(17-22-12)15(20)16-11-4-2-3-10(7-11)5-6-14(18)19/h2-4,7-8H,5-6,9H2,1H3,(H,16,20)(H,18,19). The molecule has 0 aliphatic carbocycles. The number of carboxylic acid groups (broad SMARTS) is 1. The maximum atomic E-state index is 12.0. The predicted molar refractivity (Wildman–Crippen MR) is 77.6 cm³/mol. The van der Waals surface area contributed by atoms with Crippen molar-refractivity contribution in [3.05, 3.63) is 47.3 Å². The van der Waals surface area contributed by atoms with Crippen molar-refractivity contribution in [2.75, 3.05) is 12.4 Å². The molecule has 0 bridgehead atoms. The molecule has 2 N–H and O–H groups in total. The van der Waals surface area contributed by atoms with Crippen LogP contribution < -0.4 is 5.32 Å². The largest absolute Gasteiger partial charge is 0.481 e. The maximum absolute atomic E-state index is 12.0. The van der Waals surface area contributed by atoms with Gasteiger partial charge in [0.1, 0.15) is 6.61 Å². The molecule has 0 aliphatic heterocycles. The molecule has 0 fully saturated rings. The summed E-state index contributed by atoms with van der Waals surface area (Å²) in [6.45, 7) is 0.241. The Hall–Kier alpha value is -2.67. The fraction of sp³-hybridized carbons (Fsp3) is 0.267.